The fourth-order valence-electron chi connectivity index (χ4n) is 4.59. The first kappa shape index (κ1) is 30.4. The van der Waals surface area contributed by atoms with Crippen LogP contribution in [0.4, 0.5) is 13.2 Å². The molecule has 0 saturated heterocycles. The van der Waals surface area contributed by atoms with Gasteiger partial charge in [-0.25, -0.2) is 13.2 Å². The monoisotopic (exact) mass is 600 g/mol. The molecule has 4 N–H and O–H groups in total. The second-order valence-corrected chi connectivity index (χ2v) is 11.0. The largest absolute Gasteiger partial charge is 0.497 e. The first-order chi connectivity index (χ1) is 19.9. The van der Waals surface area contributed by atoms with Gasteiger partial charge in [0.1, 0.15) is 5.75 Å². The van der Waals surface area contributed by atoms with Gasteiger partial charge in [-0.3, -0.25) is 0 Å². The van der Waals surface area contributed by atoms with Crippen molar-refractivity contribution in [2.75, 3.05) is 20.8 Å². The molecule has 1 aromatic heterocycles. The van der Waals surface area contributed by atoms with E-state index < -0.39 is 22.0 Å². The van der Waals surface area contributed by atoms with E-state index >= 15 is 0 Å². The fourth-order valence-corrected chi connectivity index (χ4v) is 6.30. The van der Waals surface area contributed by atoms with Crippen LogP contribution in [0.25, 0.3) is 32.8 Å². The summed E-state index contributed by atoms with van der Waals surface area (Å²) >= 11 is 0. The van der Waals surface area contributed by atoms with E-state index in [1.807, 2.05) is 54.6 Å². The average Bonchev–Trinajstić information content (AvgIpc) is 3.33. The van der Waals surface area contributed by atoms with Crippen LogP contribution >= 0.6 is 0 Å². The molecule has 0 bridgehead atoms. The summed E-state index contributed by atoms with van der Waals surface area (Å²) in [6, 6.07) is 24.2. The minimum absolute atomic E-state index is 0.187. The number of nitrogens with two attached hydrogens (primary N) is 1. The predicted molar refractivity (Wildman–Crippen MR) is 153 cm³/mol. The number of H-pyrrole nitrogens is 1. The minimum atomic E-state index is -5.08. The van der Waals surface area contributed by atoms with Crippen molar-refractivity contribution < 1.29 is 41.0 Å². The smallest absolute Gasteiger partial charge is 0.490 e. The number of fused-ring (bicyclic) bond motifs is 2. The summed E-state index contributed by atoms with van der Waals surface area (Å²) in [6.07, 6.45) is -4.62. The van der Waals surface area contributed by atoms with Gasteiger partial charge < -0.3 is 25.3 Å². The Morgan fingerprint density at radius 3 is 2.14 bits per heavy atom. The molecule has 0 fully saturated rings. The Morgan fingerprint density at radius 1 is 0.929 bits per heavy atom. The molecule has 8 nitrogen and oxygen atoms in total. The van der Waals surface area contributed by atoms with Gasteiger partial charge in [0.05, 0.1) is 24.0 Å². The first-order valence-corrected chi connectivity index (χ1v) is 14.0. The number of aliphatic carboxylic acids is 1. The Bertz CT molecular complexity index is 1850. The van der Waals surface area contributed by atoms with E-state index in [-0.39, 0.29) is 9.79 Å². The zero-order chi connectivity index (χ0) is 30.7. The quantitative estimate of drug-likeness (QED) is 0.210. The van der Waals surface area contributed by atoms with Crippen molar-refractivity contribution in [3.63, 3.8) is 0 Å². The molecule has 0 aliphatic carbocycles. The van der Waals surface area contributed by atoms with E-state index in [0.717, 1.165) is 21.9 Å². The van der Waals surface area contributed by atoms with Gasteiger partial charge >= 0.3 is 12.1 Å². The number of halogens is 3. The molecule has 0 amide bonds. The molecule has 220 valence electrons. The maximum Gasteiger partial charge on any atom is 0.490 e. The van der Waals surface area contributed by atoms with Crippen LogP contribution in [0.5, 0.6) is 11.6 Å². The number of carboxylic acid groups (broad SMARTS) is 1. The summed E-state index contributed by atoms with van der Waals surface area (Å²) < 4.78 is 71.0. The van der Waals surface area contributed by atoms with E-state index in [1.165, 1.54) is 0 Å². The lowest BCUT2D eigenvalue weighted by Gasteiger charge is -2.15. The van der Waals surface area contributed by atoms with E-state index in [9.17, 15) is 21.6 Å². The van der Waals surface area contributed by atoms with Crippen LogP contribution in [-0.4, -0.2) is 51.4 Å². The van der Waals surface area contributed by atoms with Crippen LogP contribution in [0.2, 0.25) is 0 Å². The molecular weight excluding hydrogens is 573 g/mol. The molecule has 0 aliphatic rings. The number of methoxy groups -OCH3 is 2. The summed E-state index contributed by atoms with van der Waals surface area (Å²) in [5.41, 5.74) is 8.79. The second kappa shape index (κ2) is 12.1. The number of alkyl halides is 3. The Labute approximate surface area is 239 Å². The van der Waals surface area contributed by atoms with Crippen LogP contribution < -0.4 is 15.2 Å². The van der Waals surface area contributed by atoms with Crippen LogP contribution in [-0.2, 0) is 21.1 Å². The van der Waals surface area contributed by atoms with Gasteiger partial charge in [0.25, 0.3) is 0 Å². The number of hydrogen-bond acceptors (Lipinski definition) is 6. The standard InChI is InChI=1S/C28H26N2O4S.C2HF3O2/c1-33-21-9-11-22(12-10-21)35(31,32)27-23(20-8-7-18-5-3-4-6-19(18)17-20)13-14-25-26(27)24(15-16-29)28(30-25)34-2;3-2(4,5)1(6)7/h3-14,17,30H,15-16,29H2,1-2H3;(H,6,7). The highest BCUT2D eigenvalue weighted by Crippen LogP contribution is 2.42. The summed E-state index contributed by atoms with van der Waals surface area (Å²) in [7, 11) is -0.819. The number of aromatic amines is 1. The van der Waals surface area contributed by atoms with Crippen LogP contribution in [0.15, 0.2) is 88.7 Å². The lowest BCUT2D eigenvalue weighted by molar-refractivity contribution is -0.192. The van der Waals surface area contributed by atoms with E-state index in [1.54, 1.807) is 38.5 Å². The predicted octanol–water partition coefficient (Wildman–Crippen LogP) is 5.97. The molecule has 1 heterocycles. The number of carbonyl (C=O) groups is 1. The van der Waals surface area contributed by atoms with E-state index in [2.05, 4.69) is 4.98 Å². The zero-order valence-corrected chi connectivity index (χ0v) is 23.3. The van der Waals surface area contributed by atoms with Crippen LogP contribution in [0, 0.1) is 0 Å². The number of hydrogen-bond donors (Lipinski definition) is 3. The number of aromatic nitrogens is 1. The average molecular weight is 601 g/mol. The Kier molecular flexibility index (Phi) is 8.78. The lowest BCUT2D eigenvalue weighted by Crippen LogP contribution is -2.21. The molecule has 42 heavy (non-hydrogen) atoms. The molecule has 4 aromatic carbocycles. The van der Waals surface area contributed by atoms with Gasteiger partial charge in [0, 0.05) is 22.0 Å². The molecule has 0 aliphatic heterocycles. The van der Waals surface area contributed by atoms with Gasteiger partial charge in [-0.15, -0.1) is 0 Å². The molecule has 0 unspecified atom stereocenters. The molecular formula is C30H27F3N2O6S. The number of rotatable bonds is 7. The number of benzene rings is 4. The van der Waals surface area contributed by atoms with Crippen molar-refractivity contribution in [1.29, 1.82) is 0 Å². The highest BCUT2D eigenvalue weighted by molar-refractivity contribution is 7.91. The fraction of sp³-hybridized carbons (Fsp3) is 0.167. The second-order valence-electron chi connectivity index (χ2n) is 9.08. The summed E-state index contributed by atoms with van der Waals surface area (Å²) in [4.78, 5) is 12.5. The minimum Gasteiger partial charge on any atom is -0.497 e. The molecule has 5 aromatic rings. The molecule has 0 atom stereocenters. The molecule has 0 radical (unpaired) electrons. The van der Waals surface area contributed by atoms with Crippen molar-refractivity contribution >= 4 is 37.5 Å². The van der Waals surface area contributed by atoms with E-state index in [4.69, 9.17) is 25.1 Å². The van der Waals surface area contributed by atoms with Crippen LogP contribution in [0.1, 0.15) is 5.56 Å². The van der Waals surface area contributed by atoms with Gasteiger partial charge in [-0.2, -0.15) is 13.2 Å². The maximum absolute atomic E-state index is 14.2. The third kappa shape index (κ3) is 6.04. The number of carboxylic acids is 1. The normalized spacial score (nSPS) is 11.7. The molecule has 0 spiro atoms. The van der Waals surface area contributed by atoms with Crippen molar-refractivity contribution in [2.24, 2.45) is 5.73 Å². The van der Waals surface area contributed by atoms with Crippen molar-refractivity contribution in [3.8, 4) is 22.8 Å². The van der Waals surface area contributed by atoms with Crippen molar-refractivity contribution in [2.45, 2.75) is 22.4 Å². The summed E-state index contributed by atoms with van der Waals surface area (Å²) in [6.45, 7) is 0.353. The topological polar surface area (TPSA) is 132 Å². The van der Waals surface area contributed by atoms with Crippen molar-refractivity contribution in [1.82, 2.24) is 4.98 Å². The molecule has 12 heteroatoms. The third-order valence-electron chi connectivity index (χ3n) is 6.52. The lowest BCUT2D eigenvalue weighted by atomic mass is 9.98. The number of nitrogens with one attached hydrogen (secondary N) is 1. The molecule has 5 rings (SSSR count). The van der Waals surface area contributed by atoms with Gasteiger partial charge in [-0.05, 0) is 65.7 Å². The SMILES string of the molecule is COc1ccc(S(=O)(=O)c2c(-c3ccc4ccccc4c3)ccc3[nH]c(OC)c(CCN)c23)cc1.O=C(O)C(F)(F)F. The number of ether oxygens (including phenoxy) is 2. The van der Waals surface area contributed by atoms with Gasteiger partial charge in [-0.1, -0.05) is 42.5 Å². The maximum atomic E-state index is 14.2. The van der Waals surface area contributed by atoms with Gasteiger partial charge in [0.2, 0.25) is 9.84 Å². The highest BCUT2D eigenvalue weighted by Gasteiger charge is 2.38. The number of sulfone groups is 1. The Morgan fingerprint density at radius 2 is 1.57 bits per heavy atom. The third-order valence-corrected chi connectivity index (χ3v) is 8.38. The summed E-state index contributed by atoms with van der Waals surface area (Å²) in [5, 5.41) is 9.85. The van der Waals surface area contributed by atoms with Gasteiger partial charge in [0.15, 0.2) is 5.88 Å². The first-order valence-electron chi connectivity index (χ1n) is 12.5. The highest BCUT2D eigenvalue weighted by atomic mass is 32.2. The van der Waals surface area contributed by atoms with E-state index in [0.29, 0.717) is 41.1 Å². The summed E-state index contributed by atoms with van der Waals surface area (Å²) in [5.74, 6) is -1.65. The van der Waals surface area contributed by atoms with Crippen molar-refractivity contribution in [3.05, 3.63) is 84.4 Å². The molecule has 0 saturated carbocycles. The zero-order valence-electron chi connectivity index (χ0n) is 22.5. The van der Waals surface area contributed by atoms with Crippen LogP contribution in [0.3, 0.4) is 0 Å². The Balaban J connectivity index is 0.000000517. The Hall–Kier alpha value is -4.55.